The van der Waals surface area contributed by atoms with Crippen molar-refractivity contribution in [2.45, 2.75) is 46.1 Å². The highest BCUT2D eigenvalue weighted by atomic mass is 16.1. The van der Waals surface area contributed by atoms with Gasteiger partial charge in [0.2, 0.25) is 5.91 Å². The molecule has 0 fully saturated rings. The molecule has 0 saturated heterocycles. The van der Waals surface area contributed by atoms with Gasteiger partial charge in [0.05, 0.1) is 18.4 Å². The van der Waals surface area contributed by atoms with Gasteiger partial charge in [0.15, 0.2) is 5.96 Å². The molecule has 0 aliphatic heterocycles. The fourth-order valence-corrected chi connectivity index (χ4v) is 2.14. The molecule has 1 unspecified atom stereocenters. The second-order valence-corrected chi connectivity index (χ2v) is 6.09. The highest BCUT2D eigenvalue weighted by Gasteiger charge is 2.08. The molecule has 23 heavy (non-hydrogen) atoms. The van der Waals surface area contributed by atoms with E-state index in [4.69, 9.17) is 0 Å². The Balaban J connectivity index is 2.29. The summed E-state index contributed by atoms with van der Waals surface area (Å²) in [6, 6.07) is 3.90. The van der Waals surface area contributed by atoms with Crippen molar-refractivity contribution in [1.29, 1.82) is 0 Å². The van der Waals surface area contributed by atoms with E-state index in [0.29, 0.717) is 17.7 Å². The van der Waals surface area contributed by atoms with Crippen molar-refractivity contribution in [3.63, 3.8) is 0 Å². The number of nitrogens with zero attached hydrogens (tertiary/aromatic N) is 2. The van der Waals surface area contributed by atoms with Crippen molar-refractivity contribution in [2.24, 2.45) is 10.9 Å². The van der Waals surface area contributed by atoms with E-state index in [2.05, 4.69) is 46.7 Å². The monoisotopic (exact) mass is 319 g/mol. The fraction of sp³-hybridized carbons (Fsp3) is 0.588. The molecule has 6 heteroatoms. The molecule has 0 bridgehead atoms. The third kappa shape index (κ3) is 8.80. The predicted octanol–water partition coefficient (Wildman–Crippen LogP) is 2.40. The molecule has 0 aliphatic carbocycles. The van der Waals surface area contributed by atoms with Crippen molar-refractivity contribution in [2.75, 3.05) is 18.9 Å². The summed E-state index contributed by atoms with van der Waals surface area (Å²) in [7, 11) is 1.70. The minimum Gasteiger partial charge on any atom is -0.354 e. The summed E-state index contributed by atoms with van der Waals surface area (Å²) in [5.41, 5.74) is 0.685. The van der Waals surface area contributed by atoms with Crippen LogP contribution in [0.1, 0.15) is 40.0 Å². The highest BCUT2D eigenvalue weighted by molar-refractivity contribution is 5.94. The van der Waals surface area contributed by atoms with Gasteiger partial charge in [-0.25, -0.2) is 0 Å². The Morgan fingerprint density at radius 3 is 2.70 bits per heavy atom. The molecule has 3 N–H and O–H groups in total. The number of nitrogens with one attached hydrogen (secondary N) is 3. The van der Waals surface area contributed by atoms with Gasteiger partial charge in [-0.1, -0.05) is 26.7 Å². The van der Waals surface area contributed by atoms with Gasteiger partial charge in [-0.15, -0.1) is 0 Å². The number of guanidine groups is 1. The Morgan fingerprint density at radius 2 is 2.09 bits per heavy atom. The van der Waals surface area contributed by atoms with Gasteiger partial charge in [0.1, 0.15) is 0 Å². The van der Waals surface area contributed by atoms with Crippen molar-refractivity contribution in [3.05, 3.63) is 24.5 Å². The zero-order valence-electron chi connectivity index (χ0n) is 14.6. The standard InChI is InChI=1S/C17H29N5O/c1-13(2)7-5-8-14(3)21-17(18-4)20-12-16(23)22-15-9-6-10-19-11-15/h6,9-11,13-14H,5,7-8,12H2,1-4H3,(H,22,23)(H2,18,20,21). The van der Waals surface area contributed by atoms with Crippen LogP contribution in [0.25, 0.3) is 0 Å². The van der Waals surface area contributed by atoms with Crippen molar-refractivity contribution >= 4 is 17.6 Å². The average molecular weight is 319 g/mol. The number of aromatic nitrogens is 1. The molecule has 1 aromatic heterocycles. The van der Waals surface area contributed by atoms with E-state index in [9.17, 15) is 4.79 Å². The van der Waals surface area contributed by atoms with Crippen molar-refractivity contribution in [1.82, 2.24) is 15.6 Å². The molecule has 128 valence electrons. The van der Waals surface area contributed by atoms with E-state index in [1.54, 1.807) is 31.6 Å². The SMILES string of the molecule is CN=C(NCC(=O)Nc1cccnc1)NC(C)CCCC(C)C. The zero-order valence-corrected chi connectivity index (χ0v) is 14.6. The number of anilines is 1. The molecule has 0 aromatic carbocycles. The smallest absolute Gasteiger partial charge is 0.243 e. The van der Waals surface area contributed by atoms with Crippen LogP contribution in [0.3, 0.4) is 0 Å². The van der Waals surface area contributed by atoms with Gasteiger partial charge in [-0.2, -0.15) is 0 Å². The lowest BCUT2D eigenvalue weighted by atomic mass is 10.0. The summed E-state index contributed by atoms with van der Waals surface area (Å²) in [4.78, 5) is 20.0. The lowest BCUT2D eigenvalue weighted by molar-refractivity contribution is -0.115. The van der Waals surface area contributed by atoms with E-state index in [0.717, 1.165) is 12.3 Å². The topological polar surface area (TPSA) is 78.4 Å². The van der Waals surface area contributed by atoms with E-state index in [1.807, 2.05) is 0 Å². The van der Waals surface area contributed by atoms with Crippen LogP contribution >= 0.6 is 0 Å². The average Bonchev–Trinajstić information content (AvgIpc) is 2.52. The summed E-state index contributed by atoms with van der Waals surface area (Å²) in [6.07, 6.45) is 6.78. The summed E-state index contributed by atoms with van der Waals surface area (Å²) in [5, 5.41) is 9.11. The molecule has 0 spiro atoms. The molecule has 0 radical (unpaired) electrons. The van der Waals surface area contributed by atoms with Crippen molar-refractivity contribution < 1.29 is 4.79 Å². The molecule has 6 nitrogen and oxygen atoms in total. The van der Waals surface area contributed by atoms with E-state index < -0.39 is 0 Å². The number of rotatable bonds is 8. The van der Waals surface area contributed by atoms with E-state index in [-0.39, 0.29) is 12.5 Å². The van der Waals surface area contributed by atoms with Gasteiger partial charge in [-0.05, 0) is 31.4 Å². The molecule has 1 rings (SSSR count). The van der Waals surface area contributed by atoms with Crippen LogP contribution in [0.4, 0.5) is 5.69 Å². The number of amides is 1. The van der Waals surface area contributed by atoms with Gasteiger partial charge in [-0.3, -0.25) is 14.8 Å². The van der Waals surface area contributed by atoms with Crippen LogP contribution in [0.5, 0.6) is 0 Å². The fourth-order valence-electron chi connectivity index (χ4n) is 2.14. The second kappa shape index (κ2) is 10.6. The maximum Gasteiger partial charge on any atom is 0.243 e. The van der Waals surface area contributed by atoms with E-state index in [1.165, 1.54) is 12.8 Å². The first-order valence-corrected chi connectivity index (χ1v) is 8.18. The largest absolute Gasteiger partial charge is 0.354 e. The van der Waals surface area contributed by atoms with Gasteiger partial charge < -0.3 is 16.0 Å². The number of carbonyl (C=O) groups is 1. The number of hydrogen-bond acceptors (Lipinski definition) is 3. The quantitative estimate of drug-likeness (QED) is 0.508. The van der Waals surface area contributed by atoms with Crippen LogP contribution in [-0.4, -0.2) is 36.5 Å². The first kappa shape index (κ1) is 18.9. The Kier molecular flexibility index (Phi) is 8.72. The molecule has 0 aliphatic rings. The number of pyridine rings is 1. The number of aliphatic imine (C=N–C) groups is 1. The minimum atomic E-state index is -0.131. The lowest BCUT2D eigenvalue weighted by Gasteiger charge is -2.18. The van der Waals surface area contributed by atoms with Crippen molar-refractivity contribution in [3.8, 4) is 0 Å². The maximum absolute atomic E-state index is 11.9. The summed E-state index contributed by atoms with van der Waals surface area (Å²) < 4.78 is 0. The Hall–Kier alpha value is -2.11. The maximum atomic E-state index is 11.9. The van der Waals surface area contributed by atoms with Crippen LogP contribution in [0.15, 0.2) is 29.5 Å². The number of carbonyl (C=O) groups excluding carboxylic acids is 1. The molecule has 1 atom stereocenters. The third-order valence-electron chi connectivity index (χ3n) is 3.39. The van der Waals surface area contributed by atoms with Crippen LogP contribution in [0.2, 0.25) is 0 Å². The lowest BCUT2D eigenvalue weighted by Crippen LogP contribution is -2.44. The summed E-state index contributed by atoms with van der Waals surface area (Å²) in [5.74, 6) is 1.24. The Labute approximate surface area is 139 Å². The second-order valence-electron chi connectivity index (χ2n) is 6.09. The molecular formula is C17H29N5O. The highest BCUT2D eigenvalue weighted by Crippen LogP contribution is 2.08. The van der Waals surface area contributed by atoms with Crippen LogP contribution < -0.4 is 16.0 Å². The summed E-state index contributed by atoms with van der Waals surface area (Å²) >= 11 is 0. The first-order chi connectivity index (χ1) is 11.0. The van der Waals surface area contributed by atoms with Crippen LogP contribution in [-0.2, 0) is 4.79 Å². The molecular weight excluding hydrogens is 290 g/mol. The Bertz CT molecular complexity index is 487. The van der Waals surface area contributed by atoms with Crippen LogP contribution in [0, 0.1) is 5.92 Å². The minimum absolute atomic E-state index is 0.131. The first-order valence-electron chi connectivity index (χ1n) is 8.18. The third-order valence-corrected chi connectivity index (χ3v) is 3.39. The molecule has 1 aromatic rings. The molecule has 1 heterocycles. The molecule has 0 saturated carbocycles. The summed E-state index contributed by atoms with van der Waals surface area (Å²) in [6.45, 7) is 6.76. The normalized spacial score (nSPS) is 12.8. The van der Waals surface area contributed by atoms with E-state index >= 15 is 0 Å². The predicted molar refractivity (Wildman–Crippen MR) is 95.5 cm³/mol. The Morgan fingerprint density at radius 1 is 1.30 bits per heavy atom. The van der Waals surface area contributed by atoms with Gasteiger partial charge in [0.25, 0.3) is 0 Å². The number of hydrogen-bond donors (Lipinski definition) is 3. The van der Waals surface area contributed by atoms with Gasteiger partial charge in [0, 0.05) is 19.3 Å². The molecule has 1 amide bonds. The van der Waals surface area contributed by atoms with Gasteiger partial charge >= 0.3 is 0 Å². The zero-order chi connectivity index (χ0) is 17.1.